The monoisotopic (exact) mass is 453 g/mol. The largest absolute Gasteiger partial charge is 0.493 e. The second kappa shape index (κ2) is 10.8. The lowest BCUT2D eigenvalue weighted by Crippen LogP contribution is -2.35. The maximum absolute atomic E-state index is 12.8. The number of carbonyl (C=O) groups excluding carboxylic acids is 1. The molecule has 0 atom stereocenters. The number of unbranched alkanes of at least 4 members (excludes halogenated alkanes) is 1. The van der Waals surface area contributed by atoms with Crippen LogP contribution in [0.4, 0.5) is 0 Å². The molecule has 3 aromatic rings. The SMILES string of the molecule is COc1cc2[nH]c(=O)n(CCCCC(=O)NCc3ccc(C(C)C)cc3)c(=O)c2cc1OC. The summed E-state index contributed by atoms with van der Waals surface area (Å²) in [5.74, 6) is 1.26. The number of hydrogen-bond donors (Lipinski definition) is 2. The lowest BCUT2D eigenvalue weighted by molar-refractivity contribution is -0.121. The highest BCUT2D eigenvalue weighted by molar-refractivity contribution is 5.81. The van der Waals surface area contributed by atoms with E-state index in [-0.39, 0.29) is 12.5 Å². The van der Waals surface area contributed by atoms with E-state index in [9.17, 15) is 14.4 Å². The highest BCUT2D eigenvalue weighted by Crippen LogP contribution is 2.29. The van der Waals surface area contributed by atoms with Crippen molar-refractivity contribution >= 4 is 16.8 Å². The fraction of sp³-hybridized carbons (Fsp3) is 0.400. The van der Waals surface area contributed by atoms with Gasteiger partial charge in [-0.1, -0.05) is 38.1 Å². The number of amides is 1. The lowest BCUT2D eigenvalue weighted by Gasteiger charge is -2.11. The van der Waals surface area contributed by atoms with E-state index in [0.717, 1.165) is 10.1 Å². The minimum Gasteiger partial charge on any atom is -0.493 e. The number of nitrogens with zero attached hydrogens (tertiary/aromatic N) is 1. The number of carbonyl (C=O) groups is 1. The number of H-pyrrole nitrogens is 1. The second-order valence-corrected chi connectivity index (χ2v) is 8.27. The molecule has 0 aliphatic heterocycles. The Bertz CT molecular complexity index is 1230. The molecule has 2 N–H and O–H groups in total. The molecular weight excluding hydrogens is 422 g/mol. The van der Waals surface area contributed by atoms with Gasteiger partial charge in [0.05, 0.1) is 25.1 Å². The van der Waals surface area contributed by atoms with Gasteiger partial charge in [-0.3, -0.25) is 14.2 Å². The van der Waals surface area contributed by atoms with Crippen molar-refractivity contribution in [2.24, 2.45) is 0 Å². The Hall–Kier alpha value is -3.55. The first kappa shape index (κ1) is 24.1. The number of hydrogen-bond acceptors (Lipinski definition) is 5. The Balaban J connectivity index is 1.55. The molecule has 33 heavy (non-hydrogen) atoms. The van der Waals surface area contributed by atoms with Crippen LogP contribution in [0.5, 0.6) is 11.5 Å². The second-order valence-electron chi connectivity index (χ2n) is 8.27. The van der Waals surface area contributed by atoms with E-state index in [4.69, 9.17) is 9.47 Å². The van der Waals surface area contributed by atoms with Crippen LogP contribution in [0.2, 0.25) is 0 Å². The van der Waals surface area contributed by atoms with Crippen molar-refractivity contribution in [2.75, 3.05) is 14.2 Å². The molecule has 0 radical (unpaired) electrons. The maximum atomic E-state index is 12.8. The van der Waals surface area contributed by atoms with Crippen LogP contribution in [-0.4, -0.2) is 29.7 Å². The van der Waals surface area contributed by atoms with Crippen LogP contribution in [-0.2, 0) is 17.9 Å². The van der Waals surface area contributed by atoms with Crippen molar-refractivity contribution in [3.8, 4) is 11.5 Å². The standard InChI is InChI=1S/C25H31N3O5/c1-16(2)18-10-8-17(9-11-18)15-26-23(29)7-5-6-12-28-24(30)19-13-21(32-3)22(33-4)14-20(19)27-25(28)31/h8-11,13-14,16H,5-7,12,15H2,1-4H3,(H,26,29)(H,27,31). The minimum absolute atomic E-state index is 0.0560. The van der Waals surface area contributed by atoms with E-state index in [2.05, 4.69) is 36.3 Å². The van der Waals surface area contributed by atoms with Crippen molar-refractivity contribution in [1.29, 1.82) is 0 Å². The number of rotatable bonds is 10. The van der Waals surface area contributed by atoms with Gasteiger partial charge < -0.3 is 19.8 Å². The summed E-state index contributed by atoms with van der Waals surface area (Å²) >= 11 is 0. The Morgan fingerprint density at radius 2 is 1.70 bits per heavy atom. The van der Waals surface area contributed by atoms with Crippen LogP contribution in [0.15, 0.2) is 46.0 Å². The van der Waals surface area contributed by atoms with Crippen LogP contribution in [0.1, 0.15) is 50.2 Å². The van der Waals surface area contributed by atoms with E-state index < -0.39 is 11.2 Å². The van der Waals surface area contributed by atoms with Crippen molar-refractivity contribution in [1.82, 2.24) is 14.9 Å². The summed E-state index contributed by atoms with van der Waals surface area (Å²) in [6.45, 7) is 4.99. The summed E-state index contributed by atoms with van der Waals surface area (Å²) in [6.07, 6.45) is 1.42. The molecule has 0 spiro atoms. The fourth-order valence-corrected chi connectivity index (χ4v) is 3.65. The number of methoxy groups -OCH3 is 2. The van der Waals surface area contributed by atoms with Gasteiger partial charge in [-0.05, 0) is 36.0 Å². The van der Waals surface area contributed by atoms with Crippen molar-refractivity contribution < 1.29 is 14.3 Å². The summed E-state index contributed by atoms with van der Waals surface area (Å²) in [6, 6.07) is 11.3. The van der Waals surface area contributed by atoms with Gasteiger partial charge in [0.15, 0.2) is 11.5 Å². The molecule has 0 saturated carbocycles. The predicted molar refractivity (Wildman–Crippen MR) is 128 cm³/mol. The van der Waals surface area contributed by atoms with Gasteiger partial charge in [-0.15, -0.1) is 0 Å². The van der Waals surface area contributed by atoms with Gasteiger partial charge in [0.2, 0.25) is 5.91 Å². The Kier molecular flexibility index (Phi) is 7.92. The minimum atomic E-state index is -0.492. The van der Waals surface area contributed by atoms with E-state index in [0.29, 0.717) is 54.1 Å². The van der Waals surface area contributed by atoms with E-state index in [1.807, 2.05) is 12.1 Å². The van der Waals surface area contributed by atoms with E-state index in [1.54, 1.807) is 12.1 Å². The van der Waals surface area contributed by atoms with Crippen LogP contribution in [0.3, 0.4) is 0 Å². The smallest absolute Gasteiger partial charge is 0.328 e. The molecule has 0 fully saturated rings. The lowest BCUT2D eigenvalue weighted by atomic mass is 10.0. The molecule has 0 bridgehead atoms. The molecule has 1 heterocycles. The molecule has 1 aromatic heterocycles. The third kappa shape index (κ3) is 5.83. The first-order valence-corrected chi connectivity index (χ1v) is 11.1. The number of aromatic amines is 1. The topological polar surface area (TPSA) is 102 Å². The van der Waals surface area contributed by atoms with Crippen LogP contribution < -0.4 is 26.0 Å². The zero-order valence-corrected chi connectivity index (χ0v) is 19.6. The third-order valence-corrected chi connectivity index (χ3v) is 5.66. The summed E-state index contributed by atoms with van der Waals surface area (Å²) in [7, 11) is 2.97. The normalized spacial score (nSPS) is 11.1. The molecule has 0 unspecified atom stereocenters. The summed E-state index contributed by atoms with van der Waals surface area (Å²) in [5, 5.41) is 3.26. The predicted octanol–water partition coefficient (Wildman–Crippen LogP) is 3.32. The van der Waals surface area contributed by atoms with Crippen molar-refractivity contribution in [2.45, 2.75) is 52.1 Å². The van der Waals surface area contributed by atoms with Crippen molar-refractivity contribution in [3.63, 3.8) is 0 Å². The molecule has 0 saturated heterocycles. The molecule has 2 aromatic carbocycles. The third-order valence-electron chi connectivity index (χ3n) is 5.66. The molecule has 3 rings (SSSR count). The van der Waals surface area contributed by atoms with E-state index in [1.165, 1.54) is 19.8 Å². The summed E-state index contributed by atoms with van der Waals surface area (Å²) in [5.41, 5.74) is 1.81. The summed E-state index contributed by atoms with van der Waals surface area (Å²) in [4.78, 5) is 40.1. The maximum Gasteiger partial charge on any atom is 0.328 e. The number of nitrogens with one attached hydrogen (secondary N) is 2. The number of benzene rings is 2. The van der Waals surface area contributed by atoms with Gasteiger partial charge in [0, 0.05) is 25.6 Å². The molecule has 8 nitrogen and oxygen atoms in total. The van der Waals surface area contributed by atoms with Gasteiger partial charge in [0.25, 0.3) is 5.56 Å². The van der Waals surface area contributed by atoms with Crippen LogP contribution >= 0.6 is 0 Å². The molecule has 176 valence electrons. The zero-order valence-electron chi connectivity index (χ0n) is 19.6. The zero-order chi connectivity index (χ0) is 24.0. The van der Waals surface area contributed by atoms with Gasteiger partial charge >= 0.3 is 5.69 Å². The first-order valence-electron chi connectivity index (χ1n) is 11.1. The highest BCUT2D eigenvalue weighted by Gasteiger charge is 2.13. The number of fused-ring (bicyclic) bond motifs is 1. The molecule has 0 aliphatic carbocycles. The Morgan fingerprint density at radius 3 is 2.33 bits per heavy atom. The Labute approximate surface area is 192 Å². The average Bonchev–Trinajstić information content (AvgIpc) is 2.81. The molecule has 0 aliphatic rings. The fourth-order valence-electron chi connectivity index (χ4n) is 3.65. The highest BCUT2D eigenvalue weighted by atomic mass is 16.5. The van der Waals surface area contributed by atoms with E-state index >= 15 is 0 Å². The van der Waals surface area contributed by atoms with Gasteiger partial charge in [-0.2, -0.15) is 0 Å². The summed E-state index contributed by atoms with van der Waals surface area (Å²) < 4.78 is 11.6. The van der Waals surface area contributed by atoms with Crippen LogP contribution in [0, 0.1) is 0 Å². The Morgan fingerprint density at radius 1 is 1.03 bits per heavy atom. The van der Waals surface area contributed by atoms with Gasteiger partial charge in [0.1, 0.15) is 0 Å². The van der Waals surface area contributed by atoms with Crippen molar-refractivity contribution in [3.05, 3.63) is 68.4 Å². The quantitative estimate of drug-likeness (QED) is 0.459. The number of aromatic nitrogens is 2. The number of ether oxygens (including phenoxy) is 2. The first-order chi connectivity index (χ1) is 15.8. The molecule has 1 amide bonds. The average molecular weight is 454 g/mol. The van der Waals surface area contributed by atoms with Gasteiger partial charge in [-0.25, -0.2) is 4.79 Å². The molecule has 8 heteroatoms. The van der Waals surface area contributed by atoms with Crippen LogP contribution in [0.25, 0.3) is 10.9 Å². The molecular formula is C25H31N3O5.